The van der Waals surface area contributed by atoms with Gasteiger partial charge in [0, 0.05) is 37.0 Å². The number of benzene rings is 1. The number of nitrogens with two attached hydrogens (primary N) is 1. The highest BCUT2D eigenvalue weighted by Gasteiger charge is 2.14. The Balaban J connectivity index is 3.00. The Kier molecular flexibility index (Phi) is 5.93. The Morgan fingerprint density at radius 2 is 2.06 bits per heavy atom. The van der Waals surface area contributed by atoms with Gasteiger partial charge in [0.2, 0.25) is 0 Å². The SMILES string of the molecule is COCC(C)N(C)c1cc(Cl)ccc1CC(C)N. The van der Waals surface area contributed by atoms with E-state index in [1.807, 2.05) is 19.1 Å². The van der Waals surface area contributed by atoms with Gasteiger partial charge in [0.1, 0.15) is 0 Å². The van der Waals surface area contributed by atoms with Crippen molar-refractivity contribution in [1.29, 1.82) is 0 Å². The van der Waals surface area contributed by atoms with Crippen LogP contribution in [0.2, 0.25) is 5.02 Å². The topological polar surface area (TPSA) is 38.5 Å². The molecule has 0 aliphatic rings. The van der Waals surface area contributed by atoms with Crippen LogP contribution in [-0.4, -0.2) is 32.8 Å². The van der Waals surface area contributed by atoms with Gasteiger partial charge in [-0.25, -0.2) is 0 Å². The number of anilines is 1. The lowest BCUT2D eigenvalue weighted by molar-refractivity contribution is 0.183. The van der Waals surface area contributed by atoms with Crippen LogP contribution in [0.4, 0.5) is 5.69 Å². The van der Waals surface area contributed by atoms with Crippen molar-refractivity contribution in [3.8, 4) is 0 Å². The van der Waals surface area contributed by atoms with Gasteiger partial charge in [0.05, 0.1) is 6.61 Å². The number of ether oxygens (including phenoxy) is 1. The summed E-state index contributed by atoms with van der Waals surface area (Å²) in [5.74, 6) is 0. The molecule has 0 aliphatic carbocycles. The monoisotopic (exact) mass is 270 g/mol. The maximum absolute atomic E-state index is 6.09. The Morgan fingerprint density at radius 1 is 1.39 bits per heavy atom. The lowest BCUT2D eigenvalue weighted by Gasteiger charge is -2.29. The Labute approximate surface area is 115 Å². The molecule has 1 aromatic rings. The zero-order valence-electron chi connectivity index (χ0n) is 11.6. The van der Waals surface area contributed by atoms with E-state index in [9.17, 15) is 0 Å². The summed E-state index contributed by atoms with van der Waals surface area (Å²) in [6, 6.07) is 6.39. The van der Waals surface area contributed by atoms with Crippen molar-refractivity contribution in [2.75, 3.05) is 25.7 Å². The molecule has 1 rings (SSSR count). The molecule has 1 aromatic carbocycles. The van der Waals surface area contributed by atoms with Crippen molar-refractivity contribution in [2.24, 2.45) is 5.73 Å². The largest absolute Gasteiger partial charge is 0.383 e. The van der Waals surface area contributed by atoms with Crippen molar-refractivity contribution < 1.29 is 4.74 Å². The van der Waals surface area contributed by atoms with E-state index in [4.69, 9.17) is 22.1 Å². The Hall–Kier alpha value is -0.770. The molecule has 0 bridgehead atoms. The molecular formula is C14H23ClN2O. The maximum atomic E-state index is 6.09. The fraction of sp³-hybridized carbons (Fsp3) is 0.571. The lowest BCUT2D eigenvalue weighted by Crippen LogP contribution is -2.33. The summed E-state index contributed by atoms with van der Waals surface area (Å²) in [5.41, 5.74) is 8.24. The highest BCUT2D eigenvalue weighted by atomic mass is 35.5. The second-order valence-corrected chi connectivity index (χ2v) is 5.31. The van der Waals surface area contributed by atoms with E-state index in [1.54, 1.807) is 7.11 Å². The first kappa shape index (κ1) is 15.3. The molecule has 0 aliphatic heterocycles. The summed E-state index contributed by atoms with van der Waals surface area (Å²) in [5, 5.41) is 0.745. The second kappa shape index (κ2) is 6.98. The number of halogens is 1. The summed E-state index contributed by atoms with van der Waals surface area (Å²) in [4.78, 5) is 2.19. The van der Waals surface area contributed by atoms with Crippen molar-refractivity contribution in [3.05, 3.63) is 28.8 Å². The minimum atomic E-state index is 0.135. The van der Waals surface area contributed by atoms with Crippen molar-refractivity contribution in [3.63, 3.8) is 0 Å². The van der Waals surface area contributed by atoms with Crippen LogP contribution in [0.15, 0.2) is 18.2 Å². The van der Waals surface area contributed by atoms with E-state index in [0.717, 1.165) is 17.1 Å². The number of rotatable bonds is 6. The Morgan fingerprint density at radius 3 is 2.61 bits per heavy atom. The number of hydrogen-bond acceptors (Lipinski definition) is 3. The van der Waals surface area contributed by atoms with Crippen LogP contribution in [0.25, 0.3) is 0 Å². The predicted molar refractivity (Wildman–Crippen MR) is 78.5 cm³/mol. The molecule has 102 valence electrons. The molecule has 3 nitrogen and oxygen atoms in total. The lowest BCUT2D eigenvalue weighted by atomic mass is 10.0. The first-order valence-corrected chi connectivity index (χ1v) is 6.59. The van der Waals surface area contributed by atoms with Crippen LogP contribution in [0.5, 0.6) is 0 Å². The third kappa shape index (κ3) is 4.16. The van der Waals surface area contributed by atoms with Crippen LogP contribution in [-0.2, 0) is 11.2 Å². The second-order valence-electron chi connectivity index (χ2n) is 4.87. The third-order valence-corrected chi connectivity index (χ3v) is 3.27. The average molecular weight is 271 g/mol. The van der Waals surface area contributed by atoms with Crippen LogP contribution >= 0.6 is 11.6 Å². The molecule has 0 saturated heterocycles. The Bertz CT molecular complexity index is 382. The number of nitrogens with zero attached hydrogens (tertiary/aromatic N) is 1. The van der Waals surface area contributed by atoms with Gasteiger partial charge >= 0.3 is 0 Å². The number of likely N-dealkylation sites (N-methyl/N-ethyl adjacent to an activating group) is 1. The highest BCUT2D eigenvalue weighted by molar-refractivity contribution is 6.30. The molecule has 0 fully saturated rings. The molecule has 0 aromatic heterocycles. The van der Waals surface area contributed by atoms with Crippen molar-refractivity contribution in [2.45, 2.75) is 32.4 Å². The van der Waals surface area contributed by atoms with E-state index in [-0.39, 0.29) is 6.04 Å². The first-order valence-electron chi connectivity index (χ1n) is 6.21. The van der Waals surface area contributed by atoms with Gasteiger partial charge in [-0.1, -0.05) is 17.7 Å². The molecule has 0 amide bonds. The third-order valence-electron chi connectivity index (χ3n) is 3.04. The molecule has 0 saturated carbocycles. The summed E-state index contributed by atoms with van der Waals surface area (Å²) >= 11 is 6.09. The van der Waals surface area contributed by atoms with Crippen LogP contribution in [0, 0.1) is 0 Å². The molecule has 4 heteroatoms. The van der Waals surface area contributed by atoms with Gasteiger partial charge in [0.25, 0.3) is 0 Å². The molecule has 0 heterocycles. The van der Waals surface area contributed by atoms with Gasteiger partial charge in [-0.05, 0) is 38.0 Å². The normalized spacial score (nSPS) is 14.3. The van der Waals surface area contributed by atoms with E-state index in [0.29, 0.717) is 12.6 Å². The molecule has 0 spiro atoms. The summed E-state index contributed by atoms with van der Waals surface area (Å²) in [7, 11) is 3.77. The van der Waals surface area contributed by atoms with Crippen molar-refractivity contribution in [1.82, 2.24) is 0 Å². The standard InChI is InChI=1S/C14H23ClN2O/c1-10(16)7-12-5-6-13(15)8-14(12)17(3)11(2)9-18-4/h5-6,8,10-11H,7,9,16H2,1-4H3. The first-order chi connectivity index (χ1) is 8.45. The number of hydrogen-bond donors (Lipinski definition) is 1. The zero-order valence-corrected chi connectivity index (χ0v) is 12.4. The van der Waals surface area contributed by atoms with E-state index in [1.165, 1.54) is 5.56 Å². The minimum absolute atomic E-state index is 0.135. The molecule has 2 unspecified atom stereocenters. The maximum Gasteiger partial charge on any atom is 0.0663 e. The summed E-state index contributed by atoms with van der Waals surface area (Å²) in [6.07, 6.45) is 0.844. The summed E-state index contributed by atoms with van der Waals surface area (Å²) in [6.45, 7) is 4.82. The van der Waals surface area contributed by atoms with Gasteiger partial charge in [-0.2, -0.15) is 0 Å². The fourth-order valence-corrected chi connectivity index (χ4v) is 2.14. The highest BCUT2D eigenvalue weighted by Crippen LogP contribution is 2.26. The molecule has 0 radical (unpaired) electrons. The minimum Gasteiger partial charge on any atom is -0.383 e. The smallest absolute Gasteiger partial charge is 0.0663 e. The van der Waals surface area contributed by atoms with Gasteiger partial charge in [0.15, 0.2) is 0 Å². The average Bonchev–Trinajstić information content (AvgIpc) is 2.30. The summed E-state index contributed by atoms with van der Waals surface area (Å²) < 4.78 is 5.20. The van der Waals surface area contributed by atoms with Crippen LogP contribution in [0.1, 0.15) is 19.4 Å². The van der Waals surface area contributed by atoms with Gasteiger partial charge in [-0.3, -0.25) is 0 Å². The predicted octanol–water partition coefficient (Wildman–Crippen LogP) is 2.70. The molecule has 2 atom stereocenters. The molecule has 2 N–H and O–H groups in total. The zero-order chi connectivity index (χ0) is 13.7. The fourth-order valence-electron chi connectivity index (χ4n) is 1.98. The van der Waals surface area contributed by atoms with Crippen LogP contribution < -0.4 is 10.6 Å². The number of methoxy groups -OCH3 is 1. The van der Waals surface area contributed by atoms with Gasteiger partial charge < -0.3 is 15.4 Å². The quantitative estimate of drug-likeness (QED) is 0.864. The molecule has 18 heavy (non-hydrogen) atoms. The van der Waals surface area contributed by atoms with E-state index in [2.05, 4.69) is 24.9 Å². The molecular weight excluding hydrogens is 248 g/mol. The van der Waals surface area contributed by atoms with E-state index >= 15 is 0 Å². The van der Waals surface area contributed by atoms with Crippen molar-refractivity contribution >= 4 is 17.3 Å². The van der Waals surface area contributed by atoms with Gasteiger partial charge in [-0.15, -0.1) is 0 Å². The van der Waals surface area contributed by atoms with E-state index < -0.39 is 0 Å². The van der Waals surface area contributed by atoms with Crippen LogP contribution in [0.3, 0.4) is 0 Å².